The van der Waals surface area contributed by atoms with E-state index in [0.29, 0.717) is 15.6 Å². The third-order valence-corrected chi connectivity index (χ3v) is 4.36. The second kappa shape index (κ2) is 8.88. The number of amides is 1. The molecule has 0 fully saturated rings. The summed E-state index contributed by atoms with van der Waals surface area (Å²) in [7, 11) is 4.12. The Hall–Kier alpha value is -1.81. The lowest BCUT2D eigenvalue weighted by Gasteiger charge is -2.20. The van der Waals surface area contributed by atoms with Crippen LogP contribution in [0.2, 0.25) is 10.0 Å². The van der Waals surface area contributed by atoms with Gasteiger partial charge in [-0.1, -0.05) is 65.7 Å². The Morgan fingerprint density at radius 1 is 1.12 bits per heavy atom. The molecule has 0 saturated heterocycles. The summed E-state index contributed by atoms with van der Waals surface area (Å²) in [5, 5.41) is 3.96. The number of halogens is 2. The Morgan fingerprint density at radius 2 is 1.83 bits per heavy atom. The van der Waals surface area contributed by atoms with Crippen molar-refractivity contribution in [3.8, 4) is 0 Å². The van der Waals surface area contributed by atoms with Gasteiger partial charge in [-0.25, -0.2) is 0 Å². The maximum Gasteiger partial charge on any atom is 0.244 e. The van der Waals surface area contributed by atoms with E-state index in [4.69, 9.17) is 23.2 Å². The van der Waals surface area contributed by atoms with E-state index in [0.717, 1.165) is 12.1 Å². The van der Waals surface area contributed by atoms with E-state index in [1.54, 1.807) is 18.2 Å². The van der Waals surface area contributed by atoms with Crippen LogP contribution in [-0.4, -0.2) is 26.5 Å². The van der Waals surface area contributed by atoms with Crippen LogP contribution < -0.4 is 10.2 Å². The second-order valence-corrected chi connectivity index (χ2v) is 6.64. The quantitative estimate of drug-likeness (QED) is 0.760. The van der Waals surface area contributed by atoms with Gasteiger partial charge in [0, 0.05) is 6.08 Å². The van der Waals surface area contributed by atoms with Gasteiger partial charge >= 0.3 is 0 Å². The Kier molecular flexibility index (Phi) is 6.85. The standard InChI is InChI=1S/C19H20Cl2N2O/c1-23(2)13-17(14-7-4-3-5-8-14)22-18(24)12-11-15-9-6-10-16(20)19(15)21/h3-12,17H,13H2,1-2H3,(H,22,24)/p+1/b12-11+/t17-/m0/s1. The normalized spacial score (nSPS) is 12.5. The summed E-state index contributed by atoms with van der Waals surface area (Å²) in [4.78, 5) is 13.6. The fourth-order valence-electron chi connectivity index (χ4n) is 2.38. The van der Waals surface area contributed by atoms with E-state index in [9.17, 15) is 4.79 Å². The van der Waals surface area contributed by atoms with Crippen LogP contribution in [0.4, 0.5) is 0 Å². The van der Waals surface area contributed by atoms with Crippen LogP contribution in [0.3, 0.4) is 0 Å². The van der Waals surface area contributed by atoms with E-state index in [-0.39, 0.29) is 11.9 Å². The number of hydrogen-bond donors (Lipinski definition) is 2. The summed E-state index contributed by atoms with van der Waals surface area (Å²) in [5.74, 6) is -0.166. The van der Waals surface area contributed by atoms with Crippen molar-refractivity contribution in [2.24, 2.45) is 0 Å². The van der Waals surface area contributed by atoms with Crippen molar-refractivity contribution in [3.05, 3.63) is 75.8 Å². The highest BCUT2D eigenvalue weighted by Crippen LogP contribution is 2.26. The third kappa shape index (κ3) is 5.38. The molecule has 0 bridgehead atoms. The van der Waals surface area contributed by atoms with E-state index < -0.39 is 0 Å². The number of carbonyl (C=O) groups excluding carboxylic acids is 1. The minimum Gasteiger partial charge on any atom is -0.340 e. The molecule has 5 heteroatoms. The molecule has 1 atom stereocenters. The first-order valence-electron chi connectivity index (χ1n) is 7.74. The minimum absolute atomic E-state index is 0.0526. The lowest BCUT2D eigenvalue weighted by atomic mass is 10.1. The van der Waals surface area contributed by atoms with Gasteiger partial charge < -0.3 is 10.2 Å². The van der Waals surface area contributed by atoms with Gasteiger partial charge in [0.1, 0.15) is 12.6 Å². The van der Waals surface area contributed by atoms with Crippen LogP contribution in [0.25, 0.3) is 6.08 Å². The molecule has 0 aliphatic carbocycles. The first kappa shape index (κ1) is 18.5. The van der Waals surface area contributed by atoms with Crippen LogP contribution >= 0.6 is 23.2 Å². The SMILES string of the molecule is C[NH+](C)C[C@H](NC(=O)/C=C/c1cccc(Cl)c1Cl)c1ccccc1. The van der Waals surface area contributed by atoms with Gasteiger partial charge in [0.05, 0.1) is 24.1 Å². The second-order valence-electron chi connectivity index (χ2n) is 5.86. The summed E-state index contributed by atoms with van der Waals surface area (Å²) in [5.41, 5.74) is 1.80. The van der Waals surface area contributed by atoms with Gasteiger partial charge in [-0.15, -0.1) is 0 Å². The lowest BCUT2D eigenvalue weighted by Crippen LogP contribution is -3.06. The Bertz CT molecular complexity index is 715. The number of quaternary nitrogens is 1. The third-order valence-electron chi connectivity index (χ3n) is 3.53. The number of nitrogens with one attached hydrogen (secondary N) is 2. The molecule has 2 aromatic carbocycles. The van der Waals surface area contributed by atoms with Crippen molar-refractivity contribution in [2.45, 2.75) is 6.04 Å². The maximum absolute atomic E-state index is 12.3. The molecule has 2 N–H and O–H groups in total. The predicted octanol–water partition coefficient (Wildman–Crippen LogP) is 3.01. The van der Waals surface area contributed by atoms with Gasteiger partial charge in [0.2, 0.25) is 5.91 Å². The predicted molar refractivity (Wildman–Crippen MR) is 100 cm³/mol. The fraction of sp³-hybridized carbons (Fsp3) is 0.211. The average Bonchev–Trinajstić information content (AvgIpc) is 2.56. The Labute approximate surface area is 152 Å². The molecule has 126 valence electrons. The number of carbonyl (C=O) groups is 1. The van der Waals surface area contributed by atoms with Gasteiger partial charge in [0.15, 0.2) is 0 Å². The van der Waals surface area contributed by atoms with Gasteiger partial charge in [-0.2, -0.15) is 0 Å². The van der Waals surface area contributed by atoms with E-state index in [2.05, 4.69) is 19.4 Å². The average molecular weight is 364 g/mol. The molecule has 0 unspecified atom stereocenters. The van der Waals surface area contributed by atoms with Crippen LogP contribution in [0.5, 0.6) is 0 Å². The molecular weight excluding hydrogens is 343 g/mol. The molecule has 0 heterocycles. The molecule has 0 radical (unpaired) electrons. The Balaban J connectivity index is 2.10. The molecule has 1 amide bonds. The highest BCUT2D eigenvalue weighted by Gasteiger charge is 2.16. The first-order valence-corrected chi connectivity index (χ1v) is 8.49. The van der Waals surface area contributed by atoms with E-state index >= 15 is 0 Å². The van der Waals surface area contributed by atoms with Crippen molar-refractivity contribution in [1.29, 1.82) is 0 Å². The van der Waals surface area contributed by atoms with Crippen LogP contribution in [0, 0.1) is 0 Å². The maximum atomic E-state index is 12.3. The topological polar surface area (TPSA) is 33.5 Å². The summed E-state index contributed by atoms with van der Waals surface area (Å²) in [6, 6.07) is 15.2. The monoisotopic (exact) mass is 363 g/mol. The molecule has 0 spiro atoms. The van der Waals surface area contributed by atoms with Crippen molar-refractivity contribution in [2.75, 3.05) is 20.6 Å². The zero-order chi connectivity index (χ0) is 17.5. The Morgan fingerprint density at radius 3 is 2.50 bits per heavy atom. The van der Waals surface area contributed by atoms with Crippen molar-refractivity contribution >= 4 is 35.2 Å². The lowest BCUT2D eigenvalue weighted by molar-refractivity contribution is -0.860. The van der Waals surface area contributed by atoms with Crippen LogP contribution in [-0.2, 0) is 4.79 Å². The van der Waals surface area contributed by atoms with E-state index in [1.165, 1.54) is 11.0 Å². The fourth-order valence-corrected chi connectivity index (χ4v) is 2.75. The van der Waals surface area contributed by atoms with Gasteiger partial charge in [0.25, 0.3) is 0 Å². The summed E-state index contributed by atoms with van der Waals surface area (Å²) in [6.07, 6.45) is 3.16. The largest absolute Gasteiger partial charge is 0.340 e. The zero-order valence-corrected chi connectivity index (χ0v) is 15.2. The number of likely N-dealkylation sites (N-methyl/N-ethyl adjacent to an activating group) is 1. The number of benzene rings is 2. The molecule has 2 rings (SSSR count). The molecule has 3 nitrogen and oxygen atoms in total. The van der Waals surface area contributed by atoms with Crippen molar-refractivity contribution < 1.29 is 9.69 Å². The molecule has 2 aromatic rings. The molecule has 24 heavy (non-hydrogen) atoms. The summed E-state index contributed by atoms with van der Waals surface area (Å²) in [6.45, 7) is 0.793. The van der Waals surface area contributed by atoms with Crippen LogP contribution in [0.15, 0.2) is 54.6 Å². The molecule has 0 saturated carbocycles. The highest BCUT2D eigenvalue weighted by molar-refractivity contribution is 6.42. The molecule has 0 aliphatic rings. The molecular formula is C19H21Cl2N2O+. The molecule has 0 aromatic heterocycles. The van der Waals surface area contributed by atoms with Crippen LogP contribution in [0.1, 0.15) is 17.2 Å². The zero-order valence-electron chi connectivity index (χ0n) is 13.7. The number of rotatable bonds is 6. The minimum atomic E-state index is -0.166. The first-order chi connectivity index (χ1) is 11.5. The highest BCUT2D eigenvalue weighted by atomic mass is 35.5. The smallest absolute Gasteiger partial charge is 0.244 e. The number of hydrogen-bond acceptors (Lipinski definition) is 1. The van der Waals surface area contributed by atoms with Crippen molar-refractivity contribution in [1.82, 2.24) is 5.32 Å². The molecule has 0 aliphatic heterocycles. The van der Waals surface area contributed by atoms with Crippen molar-refractivity contribution in [3.63, 3.8) is 0 Å². The van der Waals surface area contributed by atoms with Gasteiger partial charge in [-0.3, -0.25) is 4.79 Å². The summed E-state index contributed by atoms with van der Waals surface area (Å²) >= 11 is 12.1. The summed E-state index contributed by atoms with van der Waals surface area (Å²) < 4.78 is 0. The van der Waals surface area contributed by atoms with Gasteiger partial charge in [-0.05, 0) is 23.3 Å². The van der Waals surface area contributed by atoms with E-state index in [1.807, 2.05) is 36.4 Å².